The summed E-state index contributed by atoms with van der Waals surface area (Å²) in [4.78, 5) is 32.0. The van der Waals surface area contributed by atoms with Crippen LogP contribution < -0.4 is 4.90 Å². The lowest BCUT2D eigenvalue weighted by Gasteiger charge is -2.36. The summed E-state index contributed by atoms with van der Waals surface area (Å²) in [6.07, 6.45) is 1.81. The number of carbonyl (C=O) groups is 2. The van der Waals surface area contributed by atoms with Crippen LogP contribution in [0.15, 0.2) is 42.5 Å². The predicted molar refractivity (Wildman–Crippen MR) is 116 cm³/mol. The number of aromatic hydroxyl groups is 1. The van der Waals surface area contributed by atoms with Gasteiger partial charge in [-0.3, -0.25) is 19.4 Å². The van der Waals surface area contributed by atoms with Crippen molar-refractivity contribution in [3.8, 4) is 5.75 Å². The first-order valence-corrected chi connectivity index (χ1v) is 11.0. The molecule has 3 aliphatic heterocycles. The monoisotopic (exact) mass is 421 g/mol. The molecule has 0 saturated carbocycles. The van der Waals surface area contributed by atoms with Gasteiger partial charge in [0.05, 0.1) is 29.5 Å². The second kappa shape index (κ2) is 8.32. The van der Waals surface area contributed by atoms with Gasteiger partial charge < -0.3 is 14.7 Å². The van der Waals surface area contributed by atoms with Crippen LogP contribution in [0.2, 0.25) is 0 Å². The highest BCUT2D eigenvalue weighted by Crippen LogP contribution is 2.33. The van der Waals surface area contributed by atoms with Crippen LogP contribution in [0, 0.1) is 0 Å². The number of fused-ring (bicyclic) bond motifs is 1. The summed E-state index contributed by atoms with van der Waals surface area (Å²) in [5.74, 6) is -0.0977. The normalized spacial score (nSPS) is 21.7. The third kappa shape index (κ3) is 3.79. The van der Waals surface area contributed by atoms with Crippen LogP contribution in [0.1, 0.15) is 39.1 Å². The van der Waals surface area contributed by atoms with Crippen LogP contribution in [0.3, 0.4) is 0 Å². The Bertz CT molecular complexity index is 994. The van der Waals surface area contributed by atoms with E-state index < -0.39 is 0 Å². The van der Waals surface area contributed by atoms with Gasteiger partial charge in [0, 0.05) is 44.9 Å². The van der Waals surface area contributed by atoms with Crippen LogP contribution in [-0.4, -0.2) is 72.2 Å². The fourth-order valence-corrected chi connectivity index (χ4v) is 4.77. The highest BCUT2D eigenvalue weighted by Gasteiger charge is 2.40. The molecule has 1 atom stereocenters. The van der Waals surface area contributed by atoms with E-state index in [1.807, 2.05) is 30.3 Å². The topological polar surface area (TPSA) is 73.3 Å². The molecule has 162 valence electrons. The first kappa shape index (κ1) is 20.0. The Labute approximate surface area is 181 Å². The van der Waals surface area contributed by atoms with Crippen LogP contribution in [0.4, 0.5) is 5.69 Å². The summed E-state index contributed by atoms with van der Waals surface area (Å²) in [5.41, 5.74) is 2.78. The number of para-hydroxylation sites is 1. The maximum atomic E-state index is 13.2. The summed E-state index contributed by atoms with van der Waals surface area (Å²) in [6, 6.07) is 13.0. The lowest BCUT2D eigenvalue weighted by atomic mass is 10.1. The molecule has 7 heteroatoms. The van der Waals surface area contributed by atoms with Gasteiger partial charge in [-0.15, -0.1) is 0 Å². The number of anilines is 1. The molecule has 2 saturated heterocycles. The molecule has 0 unspecified atom stereocenters. The van der Waals surface area contributed by atoms with E-state index in [4.69, 9.17) is 4.74 Å². The summed E-state index contributed by atoms with van der Waals surface area (Å²) >= 11 is 0. The molecule has 0 bridgehead atoms. The van der Waals surface area contributed by atoms with E-state index in [2.05, 4.69) is 9.80 Å². The highest BCUT2D eigenvalue weighted by molar-refractivity contribution is 6.23. The van der Waals surface area contributed by atoms with Crippen molar-refractivity contribution in [1.82, 2.24) is 9.80 Å². The van der Waals surface area contributed by atoms with Gasteiger partial charge in [0.25, 0.3) is 11.8 Å². The number of benzene rings is 2. The molecular formula is C24H27N3O4. The Hall–Kier alpha value is -2.90. The molecule has 2 fully saturated rings. The van der Waals surface area contributed by atoms with E-state index in [0.717, 1.165) is 50.3 Å². The Morgan fingerprint density at radius 1 is 0.968 bits per heavy atom. The average molecular weight is 421 g/mol. The van der Waals surface area contributed by atoms with E-state index in [1.54, 1.807) is 12.1 Å². The Balaban J connectivity index is 1.29. The maximum Gasteiger partial charge on any atom is 0.263 e. The zero-order chi connectivity index (χ0) is 21.4. The van der Waals surface area contributed by atoms with Gasteiger partial charge in [-0.05, 0) is 31.0 Å². The van der Waals surface area contributed by atoms with Crippen molar-refractivity contribution in [3.63, 3.8) is 0 Å². The van der Waals surface area contributed by atoms with Gasteiger partial charge >= 0.3 is 0 Å². The number of rotatable bonds is 5. The molecule has 0 aromatic heterocycles. The highest BCUT2D eigenvalue weighted by atomic mass is 16.5. The predicted octanol–water partition coefficient (Wildman–Crippen LogP) is 2.49. The minimum atomic E-state index is -0.212. The van der Waals surface area contributed by atoms with E-state index in [1.165, 1.54) is 4.90 Å². The number of ether oxygens (including phenoxy) is 1. The van der Waals surface area contributed by atoms with E-state index >= 15 is 0 Å². The van der Waals surface area contributed by atoms with Crippen molar-refractivity contribution in [2.45, 2.75) is 25.5 Å². The van der Waals surface area contributed by atoms with Crippen molar-refractivity contribution < 1.29 is 19.4 Å². The molecule has 0 spiro atoms. The van der Waals surface area contributed by atoms with Gasteiger partial charge in [-0.2, -0.15) is 0 Å². The van der Waals surface area contributed by atoms with E-state index in [0.29, 0.717) is 36.6 Å². The van der Waals surface area contributed by atoms with Gasteiger partial charge in [-0.1, -0.05) is 24.3 Å². The molecule has 2 aromatic carbocycles. The third-order valence-corrected chi connectivity index (χ3v) is 6.49. The fraction of sp³-hybridized carbons (Fsp3) is 0.417. The number of carbonyl (C=O) groups excluding carboxylic acids is 2. The summed E-state index contributed by atoms with van der Waals surface area (Å²) in [7, 11) is 0. The number of phenolic OH excluding ortho intramolecular Hbond substituents is 1. The molecule has 0 aliphatic carbocycles. The number of amides is 2. The Morgan fingerprint density at radius 3 is 2.52 bits per heavy atom. The molecule has 5 rings (SSSR count). The van der Waals surface area contributed by atoms with Crippen LogP contribution in [-0.2, 0) is 11.3 Å². The number of phenols is 1. The molecule has 2 aromatic rings. The van der Waals surface area contributed by atoms with Crippen LogP contribution >= 0.6 is 0 Å². The minimum absolute atomic E-state index is 0.0522. The molecule has 7 nitrogen and oxygen atoms in total. The SMILES string of the molecule is O=C1c2cccc(N3CCN(Cc4ccccc4O)CC3)c2C(=O)N1C[C@@H]1CCCO1. The lowest BCUT2D eigenvalue weighted by molar-refractivity contribution is 0.0475. The van der Waals surface area contributed by atoms with Crippen molar-refractivity contribution in [1.29, 1.82) is 0 Å². The molecule has 31 heavy (non-hydrogen) atoms. The van der Waals surface area contributed by atoms with E-state index in [-0.39, 0.29) is 17.9 Å². The standard InChI is InChI=1S/C24H27N3O4/c28-21-9-2-1-5-17(21)15-25-10-12-26(13-11-25)20-8-3-7-19-22(20)24(30)27(23(19)29)16-18-6-4-14-31-18/h1-3,5,7-9,18,28H,4,6,10-16H2/t18-/m0/s1. The summed E-state index contributed by atoms with van der Waals surface area (Å²) in [5, 5.41) is 10.0. The van der Waals surface area contributed by atoms with Crippen molar-refractivity contribution in [2.24, 2.45) is 0 Å². The molecule has 2 amide bonds. The van der Waals surface area contributed by atoms with Crippen molar-refractivity contribution in [3.05, 3.63) is 59.2 Å². The Kier molecular flexibility index (Phi) is 5.38. The molecular weight excluding hydrogens is 394 g/mol. The van der Waals surface area contributed by atoms with Gasteiger partial charge in [0.15, 0.2) is 0 Å². The quantitative estimate of drug-likeness (QED) is 0.748. The third-order valence-electron chi connectivity index (χ3n) is 6.49. The summed E-state index contributed by atoms with van der Waals surface area (Å²) in [6.45, 7) is 4.89. The number of imide groups is 1. The number of hydrogen-bond acceptors (Lipinski definition) is 6. The van der Waals surface area contributed by atoms with Crippen LogP contribution in [0.25, 0.3) is 0 Å². The minimum Gasteiger partial charge on any atom is -0.508 e. The average Bonchev–Trinajstić information content (AvgIpc) is 3.39. The van der Waals surface area contributed by atoms with Crippen molar-refractivity contribution in [2.75, 3.05) is 44.2 Å². The molecule has 3 aliphatic rings. The molecule has 1 N–H and O–H groups in total. The Morgan fingerprint density at radius 2 is 1.77 bits per heavy atom. The van der Waals surface area contributed by atoms with Gasteiger partial charge in [0.2, 0.25) is 0 Å². The van der Waals surface area contributed by atoms with Gasteiger partial charge in [0.1, 0.15) is 5.75 Å². The maximum absolute atomic E-state index is 13.2. The van der Waals surface area contributed by atoms with Crippen molar-refractivity contribution >= 4 is 17.5 Å². The smallest absolute Gasteiger partial charge is 0.263 e. The zero-order valence-corrected chi connectivity index (χ0v) is 17.5. The zero-order valence-electron chi connectivity index (χ0n) is 17.5. The number of piperazine rings is 1. The lowest BCUT2D eigenvalue weighted by Crippen LogP contribution is -2.46. The second-order valence-electron chi connectivity index (χ2n) is 8.45. The number of hydrogen-bond donors (Lipinski definition) is 1. The first-order valence-electron chi connectivity index (χ1n) is 11.0. The summed E-state index contributed by atoms with van der Waals surface area (Å²) < 4.78 is 5.65. The van der Waals surface area contributed by atoms with Gasteiger partial charge in [-0.25, -0.2) is 0 Å². The van der Waals surface area contributed by atoms with Crippen LogP contribution in [0.5, 0.6) is 5.75 Å². The first-order chi connectivity index (χ1) is 15.1. The molecule has 0 radical (unpaired) electrons. The fourth-order valence-electron chi connectivity index (χ4n) is 4.77. The largest absolute Gasteiger partial charge is 0.508 e. The van der Waals surface area contributed by atoms with E-state index in [9.17, 15) is 14.7 Å². The second-order valence-corrected chi connectivity index (χ2v) is 8.45. The number of nitrogens with zero attached hydrogens (tertiary/aromatic N) is 3. The molecule has 3 heterocycles.